The molecule has 31 heavy (non-hydrogen) atoms. The Morgan fingerprint density at radius 2 is 2.06 bits per heavy atom. The molecular formula is C24H30N4O3. The minimum absolute atomic E-state index is 0.00291. The molecule has 164 valence electrons. The number of aromatic hydroxyl groups is 1. The molecule has 7 heteroatoms. The van der Waals surface area contributed by atoms with E-state index in [0.717, 1.165) is 31.5 Å². The number of nitrogen functional groups attached to an aromatic ring is 1. The zero-order valence-electron chi connectivity index (χ0n) is 18.4. The van der Waals surface area contributed by atoms with Crippen LogP contribution in [-0.4, -0.2) is 35.6 Å². The van der Waals surface area contributed by atoms with E-state index < -0.39 is 5.41 Å². The number of benzene rings is 1. The third-order valence-electron chi connectivity index (χ3n) is 5.68. The van der Waals surface area contributed by atoms with Gasteiger partial charge >= 0.3 is 0 Å². The Morgan fingerprint density at radius 3 is 2.71 bits per heavy atom. The van der Waals surface area contributed by atoms with E-state index in [9.17, 15) is 15.2 Å². The number of rotatable bonds is 6. The predicted octanol–water partition coefficient (Wildman–Crippen LogP) is 3.51. The highest BCUT2D eigenvalue weighted by molar-refractivity contribution is 5.84. The molecule has 0 bridgehead atoms. The Morgan fingerprint density at radius 1 is 1.35 bits per heavy atom. The van der Waals surface area contributed by atoms with Gasteiger partial charge in [-0.15, -0.1) is 0 Å². The molecule has 4 N–H and O–H groups in total. The molecule has 1 aliphatic rings. The van der Waals surface area contributed by atoms with Crippen molar-refractivity contribution in [3.05, 3.63) is 41.0 Å². The fourth-order valence-corrected chi connectivity index (χ4v) is 3.76. The van der Waals surface area contributed by atoms with Crippen LogP contribution in [0.2, 0.25) is 0 Å². The normalized spacial score (nSPS) is 14.9. The fraction of sp³-hybridized carbons (Fsp3) is 0.458. The van der Waals surface area contributed by atoms with Gasteiger partial charge in [-0.3, -0.25) is 4.79 Å². The van der Waals surface area contributed by atoms with Gasteiger partial charge < -0.3 is 20.9 Å². The highest BCUT2D eigenvalue weighted by atomic mass is 16.5. The molecule has 1 aliphatic heterocycles. The van der Waals surface area contributed by atoms with Crippen molar-refractivity contribution >= 4 is 11.6 Å². The van der Waals surface area contributed by atoms with E-state index >= 15 is 0 Å². The number of pyridine rings is 1. The van der Waals surface area contributed by atoms with Crippen LogP contribution in [0.25, 0.3) is 11.3 Å². The van der Waals surface area contributed by atoms with Crippen LogP contribution < -0.4 is 11.1 Å². The summed E-state index contributed by atoms with van der Waals surface area (Å²) in [5, 5.41) is 23.6. The van der Waals surface area contributed by atoms with Crippen molar-refractivity contribution in [1.82, 2.24) is 10.3 Å². The minimum Gasteiger partial charge on any atom is -0.507 e. The summed E-state index contributed by atoms with van der Waals surface area (Å²) in [6.45, 7) is 7.45. The summed E-state index contributed by atoms with van der Waals surface area (Å²) in [7, 11) is 0. The summed E-state index contributed by atoms with van der Waals surface area (Å²) in [5.74, 6) is 0.417. The van der Waals surface area contributed by atoms with Crippen LogP contribution in [0.4, 0.5) is 5.82 Å². The van der Waals surface area contributed by atoms with Crippen molar-refractivity contribution in [1.29, 1.82) is 5.26 Å². The molecular weight excluding hydrogens is 392 g/mol. The Hall–Kier alpha value is -2.95. The number of anilines is 1. The first-order valence-electron chi connectivity index (χ1n) is 10.6. The lowest BCUT2D eigenvalue weighted by Crippen LogP contribution is -2.27. The summed E-state index contributed by atoms with van der Waals surface area (Å²) in [4.78, 5) is 16.6. The molecule has 7 nitrogen and oxygen atoms in total. The molecule has 2 heterocycles. The first-order chi connectivity index (χ1) is 14.7. The highest BCUT2D eigenvalue weighted by Crippen LogP contribution is 2.37. The molecule has 0 aliphatic carbocycles. The Balaban J connectivity index is 1.96. The average Bonchev–Trinajstić information content (AvgIpc) is 2.73. The number of hydrogen-bond acceptors (Lipinski definition) is 7. The maximum Gasteiger partial charge on any atom is 0.163 e. The largest absolute Gasteiger partial charge is 0.507 e. The standard InChI is InChI=1S/C24H30N4O3/c1-24(2,3)21(30)14-31-13-16-5-4-6-20(29)22(16)19-11-17(15-7-9-27-10-8-15)18(12-25)23(26)28-19/h4-6,11,15,27,29H,7-10,13-14H2,1-3H3,(H2,26,28). The molecule has 0 unspecified atom stereocenters. The molecule has 3 rings (SSSR count). The number of nitrogens with zero attached hydrogens (tertiary/aromatic N) is 2. The Labute approximate surface area is 183 Å². The smallest absolute Gasteiger partial charge is 0.163 e. The van der Waals surface area contributed by atoms with Crippen LogP contribution in [0.15, 0.2) is 24.3 Å². The number of carbonyl (C=O) groups excluding carboxylic acids is 1. The average molecular weight is 423 g/mol. The van der Waals surface area contributed by atoms with Gasteiger partial charge in [0.2, 0.25) is 0 Å². The number of phenols is 1. The van der Waals surface area contributed by atoms with Gasteiger partial charge in [0.05, 0.1) is 17.9 Å². The zero-order chi connectivity index (χ0) is 22.6. The van der Waals surface area contributed by atoms with E-state index in [-0.39, 0.29) is 36.5 Å². The van der Waals surface area contributed by atoms with Crippen LogP contribution in [0.1, 0.15) is 56.2 Å². The summed E-state index contributed by atoms with van der Waals surface area (Å²) in [5.41, 5.74) is 8.67. The minimum atomic E-state index is -0.478. The number of ether oxygens (including phenoxy) is 1. The van der Waals surface area contributed by atoms with Crippen LogP contribution >= 0.6 is 0 Å². The fourth-order valence-electron chi connectivity index (χ4n) is 3.76. The van der Waals surface area contributed by atoms with Gasteiger partial charge in [-0.1, -0.05) is 32.9 Å². The molecule has 1 fully saturated rings. The molecule has 0 amide bonds. The van der Waals surface area contributed by atoms with Crippen molar-refractivity contribution < 1.29 is 14.6 Å². The van der Waals surface area contributed by atoms with Crippen LogP contribution in [0.3, 0.4) is 0 Å². The first-order valence-corrected chi connectivity index (χ1v) is 10.6. The quantitative estimate of drug-likeness (QED) is 0.651. The van der Waals surface area contributed by atoms with Gasteiger partial charge in [0.25, 0.3) is 0 Å². The molecule has 1 saturated heterocycles. The predicted molar refractivity (Wildman–Crippen MR) is 119 cm³/mol. The van der Waals surface area contributed by atoms with E-state index in [4.69, 9.17) is 10.5 Å². The van der Waals surface area contributed by atoms with Gasteiger partial charge in [-0.25, -0.2) is 4.98 Å². The number of aromatic nitrogens is 1. The topological polar surface area (TPSA) is 121 Å². The summed E-state index contributed by atoms with van der Waals surface area (Å²) < 4.78 is 5.67. The summed E-state index contributed by atoms with van der Waals surface area (Å²) in [6.07, 6.45) is 1.81. The highest BCUT2D eigenvalue weighted by Gasteiger charge is 2.24. The van der Waals surface area contributed by atoms with Crippen molar-refractivity contribution in [2.45, 2.75) is 46.1 Å². The van der Waals surface area contributed by atoms with Gasteiger partial charge in [0.15, 0.2) is 5.78 Å². The number of nitrogens with two attached hydrogens (primary N) is 1. The summed E-state index contributed by atoms with van der Waals surface area (Å²) in [6, 6.07) is 9.20. The molecule has 1 aromatic carbocycles. The molecule has 0 saturated carbocycles. The maximum absolute atomic E-state index is 12.2. The van der Waals surface area contributed by atoms with Crippen molar-refractivity contribution in [2.24, 2.45) is 5.41 Å². The lowest BCUT2D eigenvalue weighted by Gasteiger charge is -2.25. The number of ketones is 1. The van der Waals surface area contributed by atoms with Gasteiger partial charge in [0, 0.05) is 11.0 Å². The van der Waals surface area contributed by atoms with Crippen molar-refractivity contribution in [2.75, 3.05) is 25.4 Å². The molecule has 0 spiro atoms. The number of Topliss-reactive ketones (excluding diaryl/α,β-unsaturated/α-hetero) is 1. The molecule has 0 radical (unpaired) electrons. The molecule has 2 aromatic rings. The van der Waals surface area contributed by atoms with E-state index in [1.165, 1.54) is 0 Å². The maximum atomic E-state index is 12.2. The second kappa shape index (κ2) is 9.46. The van der Waals surface area contributed by atoms with E-state index in [1.807, 2.05) is 32.9 Å². The Bertz CT molecular complexity index is 999. The van der Waals surface area contributed by atoms with Crippen molar-refractivity contribution in [3.63, 3.8) is 0 Å². The molecule has 1 aromatic heterocycles. The van der Waals surface area contributed by atoms with E-state index in [2.05, 4.69) is 16.4 Å². The Kier molecular flexibility index (Phi) is 6.94. The van der Waals surface area contributed by atoms with Crippen molar-refractivity contribution in [3.8, 4) is 23.1 Å². The van der Waals surface area contributed by atoms with Gasteiger partial charge in [-0.2, -0.15) is 5.26 Å². The molecule has 0 atom stereocenters. The third-order valence-corrected chi connectivity index (χ3v) is 5.68. The zero-order valence-corrected chi connectivity index (χ0v) is 18.4. The lowest BCUT2D eigenvalue weighted by atomic mass is 9.86. The number of nitrogens with one attached hydrogen (secondary N) is 1. The SMILES string of the molecule is CC(C)(C)C(=O)COCc1cccc(O)c1-c1cc(C2CCNCC2)c(C#N)c(N)n1. The van der Waals surface area contributed by atoms with Crippen LogP contribution in [-0.2, 0) is 16.1 Å². The number of hydrogen-bond donors (Lipinski definition) is 3. The number of phenolic OH excluding ortho intramolecular Hbond substituents is 1. The second-order valence-electron chi connectivity index (χ2n) is 8.97. The second-order valence-corrected chi connectivity index (χ2v) is 8.97. The van der Waals surface area contributed by atoms with E-state index in [0.29, 0.717) is 22.4 Å². The lowest BCUT2D eigenvalue weighted by molar-refractivity contribution is -0.131. The summed E-state index contributed by atoms with van der Waals surface area (Å²) >= 11 is 0. The van der Waals surface area contributed by atoms with Crippen LogP contribution in [0, 0.1) is 16.7 Å². The monoisotopic (exact) mass is 422 g/mol. The first kappa shape index (κ1) is 22.7. The number of piperidine rings is 1. The number of nitriles is 1. The van der Waals surface area contributed by atoms with Gasteiger partial charge in [0.1, 0.15) is 24.2 Å². The third kappa shape index (κ3) is 5.22. The van der Waals surface area contributed by atoms with E-state index in [1.54, 1.807) is 12.1 Å². The van der Waals surface area contributed by atoms with Crippen LogP contribution in [0.5, 0.6) is 5.75 Å². The van der Waals surface area contributed by atoms with Gasteiger partial charge in [-0.05, 0) is 55.1 Å². The number of carbonyl (C=O) groups is 1.